The van der Waals surface area contributed by atoms with Crippen LogP contribution in [0.1, 0.15) is 138 Å². The zero-order valence-corrected chi connectivity index (χ0v) is 90.4. The summed E-state index contributed by atoms with van der Waals surface area (Å²) in [7, 11) is 0. The van der Waals surface area contributed by atoms with Gasteiger partial charge in [-0.05, 0) is 138 Å². The van der Waals surface area contributed by atoms with E-state index in [-0.39, 0.29) is 101 Å². The Bertz CT molecular complexity index is 7930. The van der Waals surface area contributed by atoms with Crippen molar-refractivity contribution in [2.75, 3.05) is 0 Å². The van der Waals surface area contributed by atoms with Crippen LogP contribution in [0, 0.1) is 77.3 Å². The van der Waals surface area contributed by atoms with Crippen LogP contribution in [0.5, 0.6) is 0 Å². The summed E-state index contributed by atoms with van der Waals surface area (Å²) in [6, 6.07) is 111. The minimum Gasteiger partial charge on any atom is -0.431 e. The third-order valence-corrected chi connectivity index (χ3v) is 27.7. The van der Waals surface area contributed by atoms with Crippen molar-refractivity contribution in [3.63, 3.8) is 0 Å². The Morgan fingerprint density at radius 1 is 0.217 bits per heavy atom. The van der Waals surface area contributed by atoms with Gasteiger partial charge in [0, 0.05) is 85.0 Å². The van der Waals surface area contributed by atoms with Gasteiger partial charge in [-0.1, -0.05) is 365 Å². The van der Waals surface area contributed by atoms with Gasteiger partial charge in [0.1, 0.15) is 0 Å². The molecule has 0 fully saturated rings. The van der Waals surface area contributed by atoms with Gasteiger partial charge in [0.25, 0.3) is 0 Å². The fraction of sp³-hybridized carbons (Fsp3) is 0.157. The Hall–Kier alpha value is -14.1. The van der Waals surface area contributed by atoms with Crippen molar-refractivity contribution in [2.24, 2.45) is 0 Å². The quantitative estimate of drug-likeness (QED) is 0.0800. The van der Waals surface area contributed by atoms with Crippen LogP contribution in [0.25, 0.3) is 133 Å². The van der Waals surface area contributed by atoms with Crippen LogP contribution in [-0.4, -0.2) is 86.4 Å². The molecule has 0 saturated heterocycles. The predicted octanol–water partition coefficient (Wildman–Crippen LogP) is 26.1. The SMILES string of the molecule is CC(C)(c1cccc(-n2[c-]c3ccccc3c2)n1)c1cccc(-n2[c-]c3ccccc3c2)n1.CC(C)(c1cccc(-n2[c-]cc3ccccc32)n1)C(C)(C)c1cccc(-n2[c-]cc3ccccc32)n1.Cc1c2ccccc2[c-]n1-c1cccc(C(C)(C)c2cccc(-n3[c-]c4ccccc4c3C)n2)n1.Cc1c2cccnc2[c-]n1-c1cccc(C(C)(C)c2cccc(-n3[c-]c4ncccc4c3C)n2)n1.[Pt+2].[Pt+2].[Pt+2].[Pt+2]. The second-order valence-corrected chi connectivity index (χ2v) is 37.9. The molecule has 0 atom stereocenters. The third kappa shape index (κ3) is 19.2. The fourth-order valence-corrected chi connectivity index (χ4v) is 18.5. The Kier molecular flexibility index (Phi) is 28.8. The van der Waals surface area contributed by atoms with Crippen LogP contribution in [0.3, 0.4) is 0 Å². The van der Waals surface area contributed by atoms with Gasteiger partial charge in [-0.25, -0.2) is 0 Å². The summed E-state index contributed by atoms with van der Waals surface area (Å²) in [5.41, 5.74) is 14.2. The van der Waals surface area contributed by atoms with E-state index < -0.39 is 10.8 Å². The summed E-state index contributed by atoms with van der Waals surface area (Å²) in [6.45, 7) is 30.4. The molecule has 143 heavy (non-hydrogen) atoms. The second-order valence-electron chi connectivity index (χ2n) is 37.9. The van der Waals surface area contributed by atoms with E-state index in [2.05, 4.69) is 348 Å². The molecule has 0 aliphatic rings. The number of pyridine rings is 10. The Labute approximate surface area is 890 Å². The molecule has 0 saturated carbocycles. The molecule has 714 valence electrons. The average molecular weight is 2590 g/mol. The average Bonchev–Trinajstić information content (AvgIpc) is 1.73. The number of rotatable bonds is 17. The molecule has 18 heterocycles. The van der Waals surface area contributed by atoms with Gasteiger partial charge >= 0.3 is 84.3 Å². The van der Waals surface area contributed by atoms with Crippen LogP contribution < -0.4 is 0 Å². The van der Waals surface area contributed by atoms with E-state index in [0.29, 0.717) is 0 Å². The van der Waals surface area contributed by atoms with Gasteiger partial charge in [0.2, 0.25) is 0 Å². The monoisotopic (exact) mass is 2580 g/mol. The van der Waals surface area contributed by atoms with Crippen LogP contribution >= 0.6 is 0 Å². The van der Waals surface area contributed by atoms with Crippen molar-refractivity contribution >= 4 is 86.7 Å². The largest absolute Gasteiger partial charge is 2.00 e. The first-order chi connectivity index (χ1) is 67.3. The van der Waals surface area contributed by atoms with Crippen molar-refractivity contribution in [3.05, 3.63) is 470 Å². The summed E-state index contributed by atoms with van der Waals surface area (Å²) in [4.78, 5) is 49.4. The van der Waals surface area contributed by atoms with E-state index >= 15 is 0 Å². The first kappa shape index (κ1) is 100. The van der Waals surface area contributed by atoms with Crippen molar-refractivity contribution in [1.29, 1.82) is 0 Å². The van der Waals surface area contributed by atoms with E-state index in [9.17, 15) is 0 Å². The molecular formula is C121H100N18Pt4. The number of aryl methyl sites for hydroxylation is 4. The van der Waals surface area contributed by atoms with Gasteiger partial charge in [0.05, 0.1) is 46.5 Å². The molecule has 18 aromatic heterocycles. The van der Waals surface area contributed by atoms with Crippen molar-refractivity contribution in [2.45, 2.75) is 124 Å². The minimum absolute atomic E-state index is 0. The van der Waals surface area contributed by atoms with Crippen LogP contribution in [0.2, 0.25) is 0 Å². The second kappa shape index (κ2) is 41.1. The summed E-state index contributed by atoms with van der Waals surface area (Å²) in [6.07, 6.45) is 34.9. The van der Waals surface area contributed by atoms with Crippen molar-refractivity contribution in [1.82, 2.24) is 86.4 Å². The molecular weight excluding hydrogens is 2490 g/mol. The van der Waals surface area contributed by atoms with Gasteiger partial charge < -0.3 is 36.5 Å². The van der Waals surface area contributed by atoms with E-state index in [1.807, 2.05) is 185 Å². The molecule has 0 radical (unpaired) electrons. The van der Waals surface area contributed by atoms with Crippen LogP contribution in [-0.2, 0) is 111 Å². The molecule has 0 spiro atoms. The number of para-hydroxylation sites is 2. The molecule has 0 N–H and O–H groups in total. The molecule has 24 aromatic rings. The summed E-state index contributed by atoms with van der Waals surface area (Å²) in [5.74, 6) is 6.78. The van der Waals surface area contributed by atoms with Crippen molar-refractivity contribution < 1.29 is 84.3 Å². The van der Waals surface area contributed by atoms with Crippen molar-refractivity contribution in [3.8, 4) is 46.5 Å². The molecule has 0 aliphatic carbocycles. The third-order valence-electron chi connectivity index (χ3n) is 27.7. The maximum atomic E-state index is 5.13. The Morgan fingerprint density at radius 3 is 0.790 bits per heavy atom. The number of benzene rings is 6. The van der Waals surface area contributed by atoms with Gasteiger partial charge in [-0.3, -0.25) is 49.8 Å². The molecule has 0 unspecified atom stereocenters. The zero-order valence-electron chi connectivity index (χ0n) is 81.3. The number of nitrogens with zero attached hydrogens (tertiary/aromatic N) is 18. The number of hydrogen-bond donors (Lipinski definition) is 0. The van der Waals surface area contributed by atoms with E-state index in [4.69, 9.17) is 39.9 Å². The molecule has 6 aromatic carbocycles. The first-order valence-corrected chi connectivity index (χ1v) is 46.8. The predicted molar refractivity (Wildman–Crippen MR) is 556 cm³/mol. The smallest absolute Gasteiger partial charge is 0.431 e. The van der Waals surface area contributed by atoms with Crippen LogP contribution in [0.15, 0.2) is 352 Å². The fourth-order valence-electron chi connectivity index (χ4n) is 18.5. The molecule has 0 bridgehead atoms. The number of hydrogen-bond acceptors (Lipinski definition) is 10. The van der Waals surface area contributed by atoms with E-state index in [1.54, 1.807) is 12.4 Å². The topological polar surface area (TPSA) is 168 Å². The van der Waals surface area contributed by atoms with E-state index in [0.717, 1.165) is 191 Å². The Morgan fingerprint density at radius 2 is 0.469 bits per heavy atom. The maximum Gasteiger partial charge on any atom is 2.00 e. The number of aromatic nitrogens is 18. The maximum absolute atomic E-state index is 5.13. The Balaban J connectivity index is 0.000000130. The molecule has 22 heteroatoms. The van der Waals surface area contributed by atoms with Gasteiger partial charge in [-0.15, -0.1) is 93.0 Å². The molecule has 24 rings (SSSR count). The van der Waals surface area contributed by atoms with Crippen LogP contribution in [0.4, 0.5) is 0 Å². The van der Waals surface area contributed by atoms with Gasteiger partial charge in [-0.2, -0.15) is 0 Å². The normalized spacial score (nSPS) is 11.8. The molecule has 0 aliphatic heterocycles. The van der Waals surface area contributed by atoms with Gasteiger partial charge in [0.15, 0.2) is 0 Å². The minimum atomic E-state index is -0.427. The first-order valence-electron chi connectivity index (χ1n) is 46.8. The summed E-state index contributed by atoms with van der Waals surface area (Å²) >= 11 is 0. The summed E-state index contributed by atoms with van der Waals surface area (Å²) < 4.78 is 16.1. The zero-order chi connectivity index (χ0) is 95.6. The van der Waals surface area contributed by atoms with E-state index in [1.165, 1.54) is 10.8 Å². The number of fused-ring (bicyclic) bond motifs is 8. The molecule has 18 nitrogen and oxygen atoms in total. The standard InChI is InChI=1S/C32H28N4.C31H26N4.C29H24N6.C29H22N4.4Pt/c1-31(2,27-15-9-17-29(33-27)35-21-19-23-11-5-7-13-25(23)35)32(3,4)28-16-10-18-30(34-28)36-22-20-24-12-6-8-14-26(24)36;1-21-25-13-7-5-11-23(25)19-34(21)29-17-9-15-27(32-29)31(3,4)28-16-10-18-30(33-28)35-20-24-12-6-8-14-26(24)22(35)2;1-19-21-9-7-15-30-23(21)17-34(19)27-13-5-11-25(32-27)29(3,4)26-12-6-14-28(33-26)35-18-24-22(20(35)2)10-8-16-31-24;1-29(2,25-13-7-15-27(30-25)32-17-21-9-3-4-10-22(21)18-32)26-14-8-16-28(31-26)33-19-23-11-5-6-12-24(23)20-33;;;;/h5-20H,1-4H3;5-18H,1-4H3;5-16H,1-4H3;3-17,19H,1-2H3;;;;/q4*-2;4*+2. The molecule has 0 amide bonds. The summed E-state index contributed by atoms with van der Waals surface area (Å²) in [5, 5.41) is 13.5.